The van der Waals surface area contributed by atoms with Crippen molar-refractivity contribution in [1.29, 1.82) is 0 Å². The second kappa shape index (κ2) is 5.02. The predicted octanol–water partition coefficient (Wildman–Crippen LogP) is 3.13. The molecule has 0 atom stereocenters. The molecule has 0 aliphatic carbocycles. The molecule has 17 heavy (non-hydrogen) atoms. The van der Waals surface area contributed by atoms with E-state index in [-0.39, 0.29) is 0 Å². The van der Waals surface area contributed by atoms with Crippen LogP contribution in [0.5, 0.6) is 5.75 Å². The number of aryl methyl sites for hydroxylation is 1. The lowest BCUT2D eigenvalue weighted by molar-refractivity contribution is 0.416. The van der Waals surface area contributed by atoms with Crippen LogP contribution < -0.4 is 10.5 Å². The number of benzene rings is 2. The molecule has 0 saturated heterocycles. The van der Waals surface area contributed by atoms with Crippen LogP contribution in [0.2, 0.25) is 0 Å². The zero-order chi connectivity index (χ0) is 12.3. The molecule has 2 N–H and O–H groups in total. The third-order valence-electron chi connectivity index (χ3n) is 2.88. The fourth-order valence-electron chi connectivity index (χ4n) is 1.99. The lowest BCUT2D eigenvalue weighted by atomic mass is 9.97. The van der Waals surface area contributed by atoms with Crippen LogP contribution in [0.4, 0.5) is 0 Å². The second-order valence-electron chi connectivity index (χ2n) is 4.07. The number of ether oxygens (including phenoxy) is 1. The van der Waals surface area contributed by atoms with E-state index in [1.165, 1.54) is 5.56 Å². The number of methoxy groups -OCH3 is 1. The van der Waals surface area contributed by atoms with Crippen molar-refractivity contribution in [3.05, 3.63) is 53.6 Å². The van der Waals surface area contributed by atoms with Gasteiger partial charge in [0.1, 0.15) is 5.75 Å². The lowest BCUT2D eigenvalue weighted by Gasteiger charge is -2.12. The molecule has 0 spiro atoms. The maximum atomic E-state index is 5.78. The summed E-state index contributed by atoms with van der Waals surface area (Å²) >= 11 is 0. The van der Waals surface area contributed by atoms with E-state index in [0.717, 1.165) is 22.4 Å². The molecular formula is C15H17NO. The highest BCUT2D eigenvalue weighted by atomic mass is 16.5. The number of nitrogens with two attached hydrogens (primary N) is 1. The van der Waals surface area contributed by atoms with Crippen LogP contribution in [0.1, 0.15) is 11.1 Å². The molecule has 2 nitrogen and oxygen atoms in total. The monoisotopic (exact) mass is 227 g/mol. The minimum Gasteiger partial charge on any atom is -0.496 e. The van der Waals surface area contributed by atoms with Gasteiger partial charge in [-0.3, -0.25) is 0 Å². The summed E-state index contributed by atoms with van der Waals surface area (Å²) in [5.41, 5.74) is 10.4. The summed E-state index contributed by atoms with van der Waals surface area (Å²) < 4.78 is 5.41. The topological polar surface area (TPSA) is 35.2 Å². The third-order valence-corrected chi connectivity index (χ3v) is 2.88. The summed E-state index contributed by atoms with van der Waals surface area (Å²) in [7, 11) is 1.69. The highest BCUT2D eigenvalue weighted by molar-refractivity contribution is 5.74. The molecule has 0 heterocycles. The summed E-state index contributed by atoms with van der Waals surface area (Å²) in [5, 5.41) is 0. The molecule has 0 saturated carbocycles. The average Bonchev–Trinajstić information content (AvgIpc) is 2.38. The van der Waals surface area contributed by atoms with Gasteiger partial charge in [0.25, 0.3) is 0 Å². The molecule has 0 bridgehead atoms. The molecule has 0 amide bonds. The first-order valence-corrected chi connectivity index (χ1v) is 5.69. The van der Waals surface area contributed by atoms with E-state index in [1.807, 2.05) is 24.3 Å². The van der Waals surface area contributed by atoms with E-state index in [9.17, 15) is 0 Å². The molecule has 0 radical (unpaired) electrons. The Balaban J connectivity index is 2.62. The van der Waals surface area contributed by atoms with Crippen molar-refractivity contribution in [2.75, 3.05) is 7.11 Å². The Hall–Kier alpha value is -1.80. The molecular weight excluding hydrogens is 210 g/mol. The smallest absolute Gasteiger partial charge is 0.126 e. The quantitative estimate of drug-likeness (QED) is 0.874. The van der Waals surface area contributed by atoms with Crippen molar-refractivity contribution in [2.24, 2.45) is 5.73 Å². The standard InChI is InChI=1S/C15H17NO/c1-11-7-8-15(17-2)14(9-11)13-6-4-3-5-12(13)10-16/h3-9H,10,16H2,1-2H3. The van der Waals surface area contributed by atoms with Crippen LogP contribution >= 0.6 is 0 Å². The van der Waals surface area contributed by atoms with E-state index in [0.29, 0.717) is 6.54 Å². The van der Waals surface area contributed by atoms with E-state index in [1.54, 1.807) is 7.11 Å². The first-order valence-electron chi connectivity index (χ1n) is 5.69. The van der Waals surface area contributed by atoms with Gasteiger partial charge in [-0.2, -0.15) is 0 Å². The Bertz CT molecular complexity index is 520. The molecule has 0 aliphatic heterocycles. The largest absolute Gasteiger partial charge is 0.496 e. The molecule has 2 aromatic rings. The molecule has 2 heteroatoms. The van der Waals surface area contributed by atoms with Crippen LogP contribution in [0.25, 0.3) is 11.1 Å². The van der Waals surface area contributed by atoms with Gasteiger partial charge in [0, 0.05) is 12.1 Å². The van der Waals surface area contributed by atoms with Gasteiger partial charge in [0.05, 0.1) is 7.11 Å². The normalized spacial score (nSPS) is 10.3. The first kappa shape index (κ1) is 11.7. The fourth-order valence-corrected chi connectivity index (χ4v) is 1.99. The van der Waals surface area contributed by atoms with Crippen molar-refractivity contribution < 1.29 is 4.74 Å². The minimum atomic E-state index is 0.535. The predicted molar refractivity (Wildman–Crippen MR) is 71.1 cm³/mol. The lowest BCUT2D eigenvalue weighted by Crippen LogP contribution is -1.99. The maximum absolute atomic E-state index is 5.78. The van der Waals surface area contributed by atoms with Crippen LogP contribution in [0.15, 0.2) is 42.5 Å². The molecule has 88 valence electrons. The average molecular weight is 227 g/mol. The molecule has 2 rings (SSSR count). The van der Waals surface area contributed by atoms with E-state index in [4.69, 9.17) is 10.5 Å². The van der Waals surface area contributed by atoms with Gasteiger partial charge in [-0.1, -0.05) is 35.9 Å². The first-order chi connectivity index (χ1) is 8.26. The molecule has 0 aliphatic rings. The third kappa shape index (κ3) is 2.32. The minimum absolute atomic E-state index is 0.535. The Morgan fingerprint density at radius 1 is 1.06 bits per heavy atom. The summed E-state index contributed by atoms with van der Waals surface area (Å²) in [4.78, 5) is 0. The van der Waals surface area contributed by atoms with Gasteiger partial charge < -0.3 is 10.5 Å². The maximum Gasteiger partial charge on any atom is 0.126 e. The van der Waals surface area contributed by atoms with Gasteiger partial charge >= 0.3 is 0 Å². The molecule has 0 unspecified atom stereocenters. The van der Waals surface area contributed by atoms with Crippen LogP contribution in [0.3, 0.4) is 0 Å². The van der Waals surface area contributed by atoms with E-state index >= 15 is 0 Å². The van der Waals surface area contributed by atoms with Gasteiger partial charge in [0.2, 0.25) is 0 Å². The van der Waals surface area contributed by atoms with Crippen molar-refractivity contribution in [3.8, 4) is 16.9 Å². The highest BCUT2D eigenvalue weighted by Gasteiger charge is 2.09. The summed E-state index contributed by atoms with van der Waals surface area (Å²) in [5.74, 6) is 0.886. The number of hydrogen-bond acceptors (Lipinski definition) is 2. The van der Waals surface area contributed by atoms with Crippen molar-refractivity contribution >= 4 is 0 Å². The Morgan fingerprint density at radius 2 is 1.82 bits per heavy atom. The summed E-state index contributed by atoms with van der Waals surface area (Å²) in [6, 6.07) is 14.3. The summed E-state index contributed by atoms with van der Waals surface area (Å²) in [6.07, 6.45) is 0. The van der Waals surface area contributed by atoms with Gasteiger partial charge in [-0.15, -0.1) is 0 Å². The highest BCUT2D eigenvalue weighted by Crippen LogP contribution is 2.32. The van der Waals surface area contributed by atoms with Gasteiger partial charge in [-0.05, 0) is 30.2 Å². The van der Waals surface area contributed by atoms with Gasteiger partial charge in [-0.25, -0.2) is 0 Å². The Kier molecular flexibility index (Phi) is 3.45. The van der Waals surface area contributed by atoms with Crippen LogP contribution in [-0.2, 0) is 6.54 Å². The molecule has 2 aromatic carbocycles. The van der Waals surface area contributed by atoms with E-state index in [2.05, 4.69) is 25.1 Å². The Labute approximate surface area is 102 Å². The van der Waals surface area contributed by atoms with E-state index < -0.39 is 0 Å². The van der Waals surface area contributed by atoms with Crippen molar-refractivity contribution in [3.63, 3.8) is 0 Å². The van der Waals surface area contributed by atoms with Crippen LogP contribution in [-0.4, -0.2) is 7.11 Å². The number of rotatable bonds is 3. The summed E-state index contributed by atoms with van der Waals surface area (Å²) in [6.45, 7) is 2.61. The van der Waals surface area contributed by atoms with Gasteiger partial charge in [0.15, 0.2) is 0 Å². The van der Waals surface area contributed by atoms with Crippen molar-refractivity contribution in [1.82, 2.24) is 0 Å². The number of hydrogen-bond donors (Lipinski definition) is 1. The second-order valence-corrected chi connectivity index (χ2v) is 4.07. The zero-order valence-corrected chi connectivity index (χ0v) is 10.2. The molecule has 0 aromatic heterocycles. The SMILES string of the molecule is COc1ccc(C)cc1-c1ccccc1CN. The fraction of sp³-hybridized carbons (Fsp3) is 0.200. The van der Waals surface area contributed by atoms with Crippen LogP contribution in [0, 0.1) is 6.92 Å². The zero-order valence-electron chi connectivity index (χ0n) is 10.2. The van der Waals surface area contributed by atoms with Crippen molar-refractivity contribution in [2.45, 2.75) is 13.5 Å². The molecule has 0 fully saturated rings. The Morgan fingerprint density at radius 3 is 2.53 bits per heavy atom.